The Balaban J connectivity index is 1.80. The van der Waals surface area contributed by atoms with Crippen molar-refractivity contribution < 1.29 is 14.3 Å². The van der Waals surface area contributed by atoms with Crippen LogP contribution in [-0.2, 0) is 14.3 Å². The van der Waals surface area contributed by atoms with E-state index in [-0.39, 0.29) is 17.5 Å². The molecule has 0 radical (unpaired) electrons. The summed E-state index contributed by atoms with van der Waals surface area (Å²) in [6.07, 6.45) is 3.07. The monoisotopic (exact) mass is 300 g/mol. The molecule has 1 saturated heterocycles. The van der Waals surface area contributed by atoms with E-state index in [0.29, 0.717) is 18.8 Å². The lowest BCUT2D eigenvalue weighted by Gasteiger charge is -2.34. The van der Waals surface area contributed by atoms with Gasteiger partial charge in [-0.1, -0.05) is 23.8 Å². The SMILES string of the molecule is Cc1ccc(C)c(C2C(=O)CC(C3CCOCC3)CC2=O)c1. The van der Waals surface area contributed by atoms with E-state index in [9.17, 15) is 9.59 Å². The zero-order valence-corrected chi connectivity index (χ0v) is 13.4. The largest absolute Gasteiger partial charge is 0.381 e. The maximum Gasteiger partial charge on any atom is 0.148 e. The lowest BCUT2D eigenvalue weighted by Crippen LogP contribution is -2.36. The molecule has 1 heterocycles. The number of carbonyl (C=O) groups is 2. The van der Waals surface area contributed by atoms with Gasteiger partial charge in [0.05, 0.1) is 0 Å². The summed E-state index contributed by atoms with van der Waals surface area (Å²) in [5.41, 5.74) is 3.06. The average molecular weight is 300 g/mol. The molecule has 1 saturated carbocycles. The molecule has 0 amide bonds. The Kier molecular flexibility index (Phi) is 4.44. The maximum absolute atomic E-state index is 12.7. The van der Waals surface area contributed by atoms with Crippen LogP contribution in [0, 0.1) is 25.7 Å². The molecular formula is C19H24O3. The van der Waals surface area contributed by atoms with Gasteiger partial charge in [0.25, 0.3) is 0 Å². The number of hydrogen-bond donors (Lipinski definition) is 0. The van der Waals surface area contributed by atoms with Crippen molar-refractivity contribution in [3.63, 3.8) is 0 Å². The van der Waals surface area contributed by atoms with Gasteiger partial charge in [-0.25, -0.2) is 0 Å². The minimum atomic E-state index is -0.531. The first-order valence-corrected chi connectivity index (χ1v) is 8.26. The first-order valence-electron chi connectivity index (χ1n) is 8.26. The molecule has 3 heteroatoms. The Bertz CT molecular complexity index is 566. The van der Waals surface area contributed by atoms with Gasteiger partial charge in [0.2, 0.25) is 0 Å². The van der Waals surface area contributed by atoms with Gasteiger partial charge < -0.3 is 4.74 Å². The summed E-state index contributed by atoms with van der Waals surface area (Å²) in [5, 5.41) is 0. The van der Waals surface area contributed by atoms with Crippen LogP contribution in [0.15, 0.2) is 18.2 Å². The molecule has 3 rings (SSSR count). The molecule has 2 aliphatic rings. The fourth-order valence-electron chi connectivity index (χ4n) is 3.94. The molecule has 2 fully saturated rings. The van der Waals surface area contributed by atoms with Gasteiger partial charge in [0.1, 0.15) is 17.5 Å². The highest BCUT2D eigenvalue weighted by molar-refractivity contribution is 6.10. The molecule has 118 valence electrons. The van der Waals surface area contributed by atoms with Gasteiger partial charge in [0, 0.05) is 26.1 Å². The zero-order chi connectivity index (χ0) is 15.7. The van der Waals surface area contributed by atoms with Crippen LogP contribution in [0.25, 0.3) is 0 Å². The minimum absolute atomic E-state index is 0.112. The van der Waals surface area contributed by atoms with Crippen molar-refractivity contribution in [1.82, 2.24) is 0 Å². The second kappa shape index (κ2) is 6.33. The van der Waals surface area contributed by atoms with Crippen LogP contribution < -0.4 is 0 Å². The molecule has 0 aromatic heterocycles. The van der Waals surface area contributed by atoms with Crippen molar-refractivity contribution in [2.45, 2.75) is 45.4 Å². The topological polar surface area (TPSA) is 43.4 Å². The van der Waals surface area contributed by atoms with Crippen molar-refractivity contribution in [3.8, 4) is 0 Å². The van der Waals surface area contributed by atoms with Gasteiger partial charge >= 0.3 is 0 Å². The highest BCUT2D eigenvalue weighted by atomic mass is 16.5. The van der Waals surface area contributed by atoms with Gasteiger partial charge in [-0.15, -0.1) is 0 Å². The van der Waals surface area contributed by atoms with E-state index in [1.165, 1.54) is 0 Å². The van der Waals surface area contributed by atoms with Gasteiger partial charge in [-0.2, -0.15) is 0 Å². The molecule has 0 N–H and O–H groups in total. The van der Waals surface area contributed by atoms with E-state index in [0.717, 1.165) is 42.7 Å². The van der Waals surface area contributed by atoms with Crippen LogP contribution in [0.4, 0.5) is 0 Å². The Morgan fingerprint density at radius 1 is 0.955 bits per heavy atom. The summed E-state index contributed by atoms with van der Waals surface area (Å²) in [6.45, 7) is 5.53. The Morgan fingerprint density at radius 3 is 2.23 bits per heavy atom. The summed E-state index contributed by atoms with van der Waals surface area (Å²) in [4.78, 5) is 25.3. The van der Waals surface area contributed by atoms with Crippen LogP contribution in [0.3, 0.4) is 0 Å². The number of ketones is 2. The van der Waals surface area contributed by atoms with E-state index >= 15 is 0 Å². The molecule has 1 aliphatic heterocycles. The molecule has 1 aromatic rings. The van der Waals surface area contributed by atoms with Crippen molar-refractivity contribution >= 4 is 11.6 Å². The van der Waals surface area contributed by atoms with E-state index < -0.39 is 5.92 Å². The summed E-state index contributed by atoms with van der Waals surface area (Å²) >= 11 is 0. The first-order chi connectivity index (χ1) is 10.6. The number of ether oxygens (including phenoxy) is 1. The molecule has 0 atom stereocenters. The molecular weight excluding hydrogens is 276 g/mol. The summed E-state index contributed by atoms with van der Waals surface area (Å²) in [6, 6.07) is 6.04. The van der Waals surface area contributed by atoms with Crippen molar-refractivity contribution in [2.75, 3.05) is 13.2 Å². The Hall–Kier alpha value is -1.48. The second-order valence-corrected chi connectivity index (χ2v) is 6.84. The predicted octanol–water partition coefficient (Wildman–Crippen LogP) is 3.36. The fraction of sp³-hybridized carbons (Fsp3) is 0.579. The van der Waals surface area contributed by atoms with E-state index in [1.807, 2.05) is 32.0 Å². The third-order valence-electron chi connectivity index (χ3n) is 5.25. The van der Waals surface area contributed by atoms with Crippen molar-refractivity contribution in [3.05, 3.63) is 34.9 Å². The first kappa shape index (κ1) is 15.4. The van der Waals surface area contributed by atoms with E-state index in [2.05, 4.69) is 0 Å². The molecule has 1 aliphatic carbocycles. The predicted molar refractivity (Wildman–Crippen MR) is 84.9 cm³/mol. The van der Waals surface area contributed by atoms with Crippen molar-refractivity contribution in [2.24, 2.45) is 11.8 Å². The van der Waals surface area contributed by atoms with Crippen LogP contribution in [0.5, 0.6) is 0 Å². The van der Waals surface area contributed by atoms with Crippen molar-refractivity contribution in [1.29, 1.82) is 0 Å². The smallest absolute Gasteiger partial charge is 0.148 e. The Morgan fingerprint density at radius 2 is 1.59 bits per heavy atom. The van der Waals surface area contributed by atoms with Crippen LogP contribution in [0.2, 0.25) is 0 Å². The third kappa shape index (κ3) is 3.00. The fourth-order valence-corrected chi connectivity index (χ4v) is 3.94. The third-order valence-corrected chi connectivity index (χ3v) is 5.25. The molecule has 0 bridgehead atoms. The maximum atomic E-state index is 12.7. The highest BCUT2D eigenvalue weighted by Gasteiger charge is 2.40. The summed E-state index contributed by atoms with van der Waals surface area (Å²) < 4.78 is 5.39. The molecule has 0 spiro atoms. The molecule has 1 aromatic carbocycles. The number of benzene rings is 1. The molecule has 22 heavy (non-hydrogen) atoms. The number of Topliss-reactive ketones (excluding diaryl/α,β-unsaturated/α-hetero) is 2. The van der Waals surface area contributed by atoms with Crippen LogP contribution in [0.1, 0.15) is 48.3 Å². The van der Waals surface area contributed by atoms with E-state index in [1.54, 1.807) is 0 Å². The number of carbonyl (C=O) groups excluding carboxylic acids is 2. The number of hydrogen-bond acceptors (Lipinski definition) is 3. The number of rotatable bonds is 2. The number of aryl methyl sites for hydroxylation is 2. The Labute approximate surface area is 132 Å². The van der Waals surface area contributed by atoms with Gasteiger partial charge in [-0.3, -0.25) is 9.59 Å². The van der Waals surface area contributed by atoms with Gasteiger partial charge in [0.15, 0.2) is 0 Å². The lowest BCUT2D eigenvalue weighted by atomic mass is 9.70. The van der Waals surface area contributed by atoms with Crippen LogP contribution in [-0.4, -0.2) is 24.8 Å². The quantitative estimate of drug-likeness (QED) is 0.787. The van der Waals surface area contributed by atoms with E-state index in [4.69, 9.17) is 4.74 Å². The lowest BCUT2D eigenvalue weighted by molar-refractivity contribution is -0.135. The molecule has 3 nitrogen and oxygen atoms in total. The normalized spacial score (nSPS) is 27.2. The minimum Gasteiger partial charge on any atom is -0.381 e. The second-order valence-electron chi connectivity index (χ2n) is 6.84. The standard InChI is InChI=1S/C19H24O3/c1-12-3-4-13(2)16(9-12)19-17(20)10-15(11-18(19)21)14-5-7-22-8-6-14/h3-4,9,14-15,19H,5-8,10-11H2,1-2H3. The highest BCUT2D eigenvalue weighted by Crippen LogP contribution is 2.38. The van der Waals surface area contributed by atoms with Gasteiger partial charge in [-0.05, 0) is 49.7 Å². The van der Waals surface area contributed by atoms with Crippen LogP contribution >= 0.6 is 0 Å². The zero-order valence-electron chi connectivity index (χ0n) is 13.4. The average Bonchev–Trinajstić information content (AvgIpc) is 2.51. The summed E-state index contributed by atoms with van der Waals surface area (Å²) in [7, 11) is 0. The summed E-state index contributed by atoms with van der Waals surface area (Å²) in [5.74, 6) is 0.394. The molecule has 0 unspecified atom stereocenters.